The molecule has 29 heavy (non-hydrogen) atoms. The Bertz CT molecular complexity index is 998. The highest BCUT2D eigenvalue weighted by atomic mass is 16.5. The molecule has 0 fully saturated rings. The van der Waals surface area contributed by atoms with Gasteiger partial charge in [0.1, 0.15) is 5.75 Å². The molecule has 1 N–H and O–H groups in total. The number of ketones is 1. The summed E-state index contributed by atoms with van der Waals surface area (Å²) in [5.74, 6) is -0.453. The van der Waals surface area contributed by atoms with Gasteiger partial charge in [-0.05, 0) is 43.2 Å². The summed E-state index contributed by atoms with van der Waals surface area (Å²) in [4.78, 5) is 23.2. The van der Waals surface area contributed by atoms with Crippen molar-refractivity contribution in [1.29, 1.82) is 0 Å². The standard InChI is InChI=1S/C24H23NO4/c1-18-7-11-20(12-8-18)24(28)22-6-4-16-25(22)15-3-2-5-19-9-13-21(14-10-19)29-17-23(26)27/h2,4-14,16H,3,15,17H2,1H3,(H,26,27). The molecular weight excluding hydrogens is 366 g/mol. The van der Waals surface area contributed by atoms with Gasteiger partial charge in [0, 0.05) is 18.3 Å². The molecule has 0 spiro atoms. The van der Waals surface area contributed by atoms with E-state index in [4.69, 9.17) is 9.84 Å². The number of rotatable bonds is 9. The fourth-order valence-electron chi connectivity index (χ4n) is 2.92. The van der Waals surface area contributed by atoms with E-state index >= 15 is 0 Å². The molecule has 3 aromatic rings. The molecule has 0 aliphatic carbocycles. The van der Waals surface area contributed by atoms with Gasteiger partial charge in [0.05, 0.1) is 5.69 Å². The summed E-state index contributed by atoms with van der Waals surface area (Å²) in [6.45, 7) is 2.35. The van der Waals surface area contributed by atoms with Crippen molar-refractivity contribution in [2.24, 2.45) is 0 Å². The predicted molar refractivity (Wildman–Crippen MR) is 112 cm³/mol. The number of carbonyl (C=O) groups is 2. The van der Waals surface area contributed by atoms with E-state index in [0.717, 1.165) is 17.5 Å². The Kier molecular flexibility index (Phi) is 6.63. The van der Waals surface area contributed by atoms with Crippen LogP contribution < -0.4 is 4.74 Å². The maximum atomic E-state index is 12.7. The minimum atomic E-state index is -1.00. The van der Waals surface area contributed by atoms with E-state index in [0.29, 0.717) is 23.6 Å². The lowest BCUT2D eigenvalue weighted by Gasteiger charge is -2.07. The lowest BCUT2D eigenvalue weighted by atomic mass is 10.1. The van der Waals surface area contributed by atoms with Crippen molar-refractivity contribution in [1.82, 2.24) is 4.57 Å². The fourth-order valence-corrected chi connectivity index (χ4v) is 2.92. The third-order valence-electron chi connectivity index (χ3n) is 4.47. The van der Waals surface area contributed by atoms with E-state index in [9.17, 15) is 9.59 Å². The number of aliphatic carboxylic acids is 1. The number of carboxylic acids is 1. The first-order valence-corrected chi connectivity index (χ1v) is 9.40. The van der Waals surface area contributed by atoms with Crippen molar-refractivity contribution in [3.05, 3.63) is 95.3 Å². The highest BCUT2D eigenvalue weighted by molar-refractivity contribution is 6.08. The summed E-state index contributed by atoms with van der Waals surface area (Å²) in [7, 11) is 0. The van der Waals surface area contributed by atoms with Crippen LogP contribution in [0.5, 0.6) is 5.75 Å². The van der Waals surface area contributed by atoms with Crippen LogP contribution in [-0.2, 0) is 11.3 Å². The lowest BCUT2D eigenvalue weighted by molar-refractivity contribution is -0.139. The van der Waals surface area contributed by atoms with Crippen LogP contribution in [0.25, 0.3) is 6.08 Å². The maximum absolute atomic E-state index is 12.7. The summed E-state index contributed by atoms with van der Waals surface area (Å²) < 4.78 is 7.08. The third kappa shape index (κ3) is 5.69. The Balaban J connectivity index is 1.56. The maximum Gasteiger partial charge on any atom is 0.341 e. The zero-order chi connectivity index (χ0) is 20.6. The number of carboxylic acid groups (broad SMARTS) is 1. The number of hydrogen-bond donors (Lipinski definition) is 1. The molecule has 0 aliphatic heterocycles. The van der Waals surface area contributed by atoms with Crippen molar-refractivity contribution in [3.8, 4) is 5.75 Å². The van der Waals surface area contributed by atoms with E-state index in [1.54, 1.807) is 12.1 Å². The Morgan fingerprint density at radius 1 is 1.03 bits per heavy atom. The zero-order valence-corrected chi connectivity index (χ0v) is 16.2. The van der Waals surface area contributed by atoms with Gasteiger partial charge >= 0.3 is 5.97 Å². The summed E-state index contributed by atoms with van der Waals surface area (Å²) in [5, 5.41) is 8.62. The highest BCUT2D eigenvalue weighted by Gasteiger charge is 2.12. The number of aromatic nitrogens is 1. The first kappa shape index (κ1) is 20.1. The van der Waals surface area contributed by atoms with Gasteiger partial charge in [-0.15, -0.1) is 0 Å². The highest BCUT2D eigenvalue weighted by Crippen LogP contribution is 2.15. The van der Waals surface area contributed by atoms with Crippen LogP contribution >= 0.6 is 0 Å². The molecule has 0 bridgehead atoms. The smallest absolute Gasteiger partial charge is 0.341 e. The molecule has 5 heteroatoms. The average molecular weight is 389 g/mol. The van der Waals surface area contributed by atoms with E-state index in [1.807, 2.05) is 78.4 Å². The third-order valence-corrected chi connectivity index (χ3v) is 4.47. The van der Waals surface area contributed by atoms with E-state index < -0.39 is 5.97 Å². The molecule has 0 radical (unpaired) electrons. The van der Waals surface area contributed by atoms with Gasteiger partial charge in [-0.1, -0.05) is 54.1 Å². The topological polar surface area (TPSA) is 68.5 Å². The average Bonchev–Trinajstić information content (AvgIpc) is 3.19. The normalized spacial score (nSPS) is 10.9. The van der Waals surface area contributed by atoms with Crippen molar-refractivity contribution >= 4 is 17.8 Å². The summed E-state index contributed by atoms with van der Waals surface area (Å²) in [5.41, 5.74) is 3.50. The molecule has 0 unspecified atom stereocenters. The second-order valence-electron chi connectivity index (χ2n) is 6.72. The molecule has 0 amide bonds. The summed E-state index contributed by atoms with van der Waals surface area (Å²) in [6.07, 6.45) is 6.74. The van der Waals surface area contributed by atoms with E-state index in [-0.39, 0.29) is 12.4 Å². The number of aryl methyl sites for hydroxylation is 2. The fraction of sp³-hybridized carbons (Fsp3) is 0.167. The number of hydrogen-bond acceptors (Lipinski definition) is 3. The minimum Gasteiger partial charge on any atom is -0.482 e. The largest absolute Gasteiger partial charge is 0.482 e. The van der Waals surface area contributed by atoms with Crippen LogP contribution in [0.1, 0.15) is 33.6 Å². The molecular formula is C24H23NO4. The van der Waals surface area contributed by atoms with Crippen LogP contribution in [-0.4, -0.2) is 28.0 Å². The van der Waals surface area contributed by atoms with Gasteiger partial charge < -0.3 is 14.4 Å². The zero-order valence-electron chi connectivity index (χ0n) is 16.2. The molecule has 0 atom stereocenters. The number of nitrogens with zero attached hydrogens (tertiary/aromatic N) is 1. The van der Waals surface area contributed by atoms with Gasteiger partial charge in [-0.2, -0.15) is 0 Å². The number of ether oxygens (including phenoxy) is 1. The summed E-state index contributed by atoms with van der Waals surface area (Å²) in [6, 6.07) is 18.6. The SMILES string of the molecule is Cc1ccc(C(=O)c2cccn2CCC=Cc2ccc(OCC(=O)O)cc2)cc1. The van der Waals surface area contributed by atoms with Crippen molar-refractivity contribution in [2.75, 3.05) is 6.61 Å². The van der Waals surface area contributed by atoms with Gasteiger partial charge in [-0.3, -0.25) is 4.79 Å². The van der Waals surface area contributed by atoms with Crippen LogP contribution in [0.3, 0.4) is 0 Å². The van der Waals surface area contributed by atoms with E-state index in [1.165, 1.54) is 0 Å². The Morgan fingerprint density at radius 2 is 1.76 bits per heavy atom. The van der Waals surface area contributed by atoms with E-state index in [2.05, 4.69) is 0 Å². The first-order chi connectivity index (χ1) is 14.0. The number of benzene rings is 2. The van der Waals surface area contributed by atoms with Crippen molar-refractivity contribution in [3.63, 3.8) is 0 Å². The van der Waals surface area contributed by atoms with Crippen LogP contribution in [0.4, 0.5) is 0 Å². The second-order valence-corrected chi connectivity index (χ2v) is 6.72. The molecule has 0 saturated heterocycles. The lowest BCUT2D eigenvalue weighted by Crippen LogP contribution is -2.09. The Morgan fingerprint density at radius 3 is 2.45 bits per heavy atom. The molecule has 5 nitrogen and oxygen atoms in total. The molecule has 1 aromatic heterocycles. The molecule has 1 heterocycles. The number of allylic oxidation sites excluding steroid dienone is 1. The van der Waals surface area contributed by atoms with Gasteiger partial charge in [0.15, 0.2) is 6.61 Å². The van der Waals surface area contributed by atoms with Gasteiger partial charge in [0.2, 0.25) is 5.78 Å². The minimum absolute atomic E-state index is 0.0240. The quantitative estimate of drug-likeness (QED) is 0.543. The first-order valence-electron chi connectivity index (χ1n) is 9.40. The molecule has 0 aliphatic rings. The number of carbonyl (C=O) groups excluding carboxylic acids is 1. The molecule has 148 valence electrons. The van der Waals surface area contributed by atoms with Crippen LogP contribution in [0.15, 0.2) is 72.9 Å². The second kappa shape index (κ2) is 9.55. The van der Waals surface area contributed by atoms with Crippen molar-refractivity contribution < 1.29 is 19.4 Å². The van der Waals surface area contributed by atoms with Crippen LogP contribution in [0.2, 0.25) is 0 Å². The molecule has 3 rings (SSSR count). The van der Waals surface area contributed by atoms with Crippen molar-refractivity contribution in [2.45, 2.75) is 19.9 Å². The Hall–Kier alpha value is -3.60. The molecule has 2 aromatic carbocycles. The monoisotopic (exact) mass is 389 g/mol. The predicted octanol–water partition coefficient (Wildman–Crippen LogP) is 4.59. The van der Waals surface area contributed by atoms with Crippen LogP contribution in [0, 0.1) is 6.92 Å². The molecule has 0 saturated carbocycles. The Labute approximate surface area is 169 Å². The van der Waals surface area contributed by atoms with Gasteiger partial charge in [-0.25, -0.2) is 4.79 Å². The van der Waals surface area contributed by atoms with Gasteiger partial charge in [0.25, 0.3) is 0 Å². The summed E-state index contributed by atoms with van der Waals surface area (Å²) >= 11 is 0.